The van der Waals surface area contributed by atoms with Crippen molar-refractivity contribution in [2.45, 2.75) is 6.92 Å². The van der Waals surface area contributed by atoms with E-state index in [1.165, 1.54) is 0 Å². The molecule has 0 radical (unpaired) electrons. The van der Waals surface area contributed by atoms with Crippen molar-refractivity contribution >= 4 is 34.6 Å². The zero-order valence-electron chi connectivity index (χ0n) is 7.63. The van der Waals surface area contributed by atoms with Gasteiger partial charge < -0.3 is 15.2 Å². The maximum absolute atomic E-state index is 11.5. The van der Waals surface area contributed by atoms with Crippen LogP contribution in [0.3, 0.4) is 0 Å². The molecule has 14 heavy (non-hydrogen) atoms. The summed E-state index contributed by atoms with van der Waals surface area (Å²) in [6.07, 6.45) is 0. The van der Waals surface area contributed by atoms with E-state index in [4.69, 9.17) is 23.2 Å². The first-order valence-electron chi connectivity index (χ1n) is 4.32. The number of hydroxylamine groups is 1. The standard InChI is InChI=1S/C9H9Cl2N2O/c1-2-12-5-13(14)9-4-7(11)6(10)3-8(9)12/h3-4H,2,5H2,1H3/q-1. The lowest BCUT2D eigenvalue weighted by atomic mass is 10.2. The summed E-state index contributed by atoms with van der Waals surface area (Å²) in [6, 6.07) is 3.35. The van der Waals surface area contributed by atoms with Crippen LogP contribution in [0.5, 0.6) is 0 Å². The normalized spacial score (nSPS) is 14.9. The van der Waals surface area contributed by atoms with Crippen molar-refractivity contribution in [2.24, 2.45) is 0 Å². The number of hydrogen-bond acceptors (Lipinski definition) is 3. The van der Waals surface area contributed by atoms with Crippen molar-refractivity contribution in [2.75, 3.05) is 23.2 Å². The molecule has 1 aliphatic heterocycles. The summed E-state index contributed by atoms with van der Waals surface area (Å²) in [7, 11) is 0. The smallest absolute Gasteiger partial charge is 0.0801 e. The zero-order valence-corrected chi connectivity index (χ0v) is 9.14. The van der Waals surface area contributed by atoms with Gasteiger partial charge in [0.2, 0.25) is 0 Å². The fourth-order valence-corrected chi connectivity index (χ4v) is 1.87. The van der Waals surface area contributed by atoms with E-state index in [2.05, 4.69) is 0 Å². The van der Waals surface area contributed by atoms with Crippen molar-refractivity contribution in [1.29, 1.82) is 0 Å². The number of benzene rings is 1. The highest BCUT2D eigenvalue weighted by Crippen LogP contribution is 2.40. The van der Waals surface area contributed by atoms with Crippen LogP contribution >= 0.6 is 23.2 Å². The molecule has 3 nitrogen and oxygen atoms in total. The predicted octanol–water partition coefficient (Wildman–Crippen LogP) is 3.10. The first-order valence-corrected chi connectivity index (χ1v) is 5.07. The lowest BCUT2D eigenvalue weighted by Gasteiger charge is -2.25. The molecular weight excluding hydrogens is 223 g/mol. The Bertz CT molecular complexity index is 370. The van der Waals surface area contributed by atoms with Gasteiger partial charge >= 0.3 is 0 Å². The topological polar surface area (TPSA) is 29.5 Å². The van der Waals surface area contributed by atoms with Crippen molar-refractivity contribution < 1.29 is 0 Å². The van der Waals surface area contributed by atoms with Gasteiger partial charge in [0, 0.05) is 6.54 Å². The summed E-state index contributed by atoms with van der Waals surface area (Å²) in [5.41, 5.74) is 1.46. The van der Waals surface area contributed by atoms with Crippen LogP contribution in [0, 0.1) is 5.21 Å². The Kier molecular flexibility index (Phi) is 2.47. The number of rotatable bonds is 1. The maximum Gasteiger partial charge on any atom is 0.0801 e. The molecule has 1 heterocycles. The van der Waals surface area contributed by atoms with E-state index in [1.54, 1.807) is 12.1 Å². The molecule has 0 fully saturated rings. The lowest BCUT2D eigenvalue weighted by Crippen LogP contribution is -2.26. The third-order valence-electron chi connectivity index (χ3n) is 2.31. The monoisotopic (exact) mass is 231 g/mol. The van der Waals surface area contributed by atoms with Crippen LogP contribution in [0.25, 0.3) is 0 Å². The third kappa shape index (κ3) is 1.41. The van der Waals surface area contributed by atoms with E-state index in [0.29, 0.717) is 22.4 Å². The van der Waals surface area contributed by atoms with Crippen molar-refractivity contribution in [3.05, 3.63) is 27.4 Å². The highest BCUT2D eigenvalue weighted by atomic mass is 35.5. The molecule has 5 heteroatoms. The molecule has 0 amide bonds. The van der Waals surface area contributed by atoms with E-state index in [0.717, 1.165) is 17.3 Å². The molecule has 2 rings (SSSR count). The van der Waals surface area contributed by atoms with Crippen LogP contribution in [-0.2, 0) is 0 Å². The highest BCUT2D eigenvalue weighted by molar-refractivity contribution is 6.42. The maximum atomic E-state index is 11.5. The minimum atomic E-state index is 0.350. The Morgan fingerprint density at radius 1 is 1.29 bits per heavy atom. The van der Waals surface area contributed by atoms with Crippen molar-refractivity contribution in [3.63, 3.8) is 0 Å². The molecule has 0 N–H and O–H groups in total. The van der Waals surface area contributed by atoms with Gasteiger partial charge in [-0.05, 0) is 19.1 Å². The lowest BCUT2D eigenvalue weighted by molar-refractivity contribution is 0.863. The quantitative estimate of drug-likeness (QED) is 0.745. The van der Waals surface area contributed by atoms with Gasteiger partial charge in [-0.1, -0.05) is 23.2 Å². The Hall–Kier alpha value is -0.640. The Morgan fingerprint density at radius 3 is 2.43 bits per heavy atom. The molecule has 1 aliphatic rings. The second kappa shape index (κ2) is 3.50. The molecule has 0 aliphatic carbocycles. The molecule has 76 valence electrons. The third-order valence-corrected chi connectivity index (χ3v) is 3.03. The second-order valence-corrected chi connectivity index (χ2v) is 3.95. The molecule has 0 unspecified atom stereocenters. The van der Waals surface area contributed by atoms with Gasteiger partial charge in [0.05, 0.1) is 28.1 Å². The fraction of sp³-hybridized carbons (Fsp3) is 0.333. The molecule has 0 spiro atoms. The summed E-state index contributed by atoms with van der Waals surface area (Å²) in [4.78, 5) is 1.95. The van der Waals surface area contributed by atoms with E-state index >= 15 is 0 Å². The summed E-state index contributed by atoms with van der Waals surface area (Å²) >= 11 is 11.7. The number of anilines is 2. The van der Waals surface area contributed by atoms with Gasteiger partial charge in [-0.25, -0.2) is 0 Å². The van der Waals surface area contributed by atoms with E-state index in [-0.39, 0.29) is 0 Å². The summed E-state index contributed by atoms with van der Waals surface area (Å²) in [6.45, 7) is 3.12. The molecule has 0 saturated heterocycles. The predicted molar refractivity (Wildman–Crippen MR) is 60.2 cm³/mol. The molecule has 0 atom stereocenters. The first-order chi connectivity index (χ1) is 6.63. The Labute approximate surface area is 92.4 Å². The first kappa shape index (κ1) is 9.90. The molecular formula is C9H9Cl2N2O-. The second-order valence-electron chi connectivity index (χ2n) is 3.13. The number of hydrogen-bond donors (Lipinski definition) is 0. The molecule has 0 bridgehead atoms. The molecule has 1 aromatic carbocycles. The van der Waals surface area contributed by atoms with Gasteiger partial charge in [-0.3, -0.25) is 0 Å². The van der Waals surface area contributed by atoms with Crippen LogP contribution in [0.15, 0.2) is 12.1 Å². The zero-order chi connectivity index (χ0) is 10.3. The van der Waals surface area contributed by atoms with Crippen LogP contribution < -0.4 is 9.96 Å². The molecule has 1 aromatic rings. The summed E-state index contributed by atoms with van der Waals surface area (Å²) < 4.78 is 0. The number of fused-ring (bicyclic) bond motifs is 1. The highest BCUT2D eigenvalue weighted by Gasteiger charge is 2.20. The number of nitrogens with zero attached hydrogens (tertiary/aromatic N) is 2. The van der Waals surface area contributed by atoms with E-state index < -0.39 is 0 Å². The van der Waals surface area contributed by atoms with Gasteiger partial charge in [0.15, 0.2) is 0 Å². The van der Waals surface area contributed by atoms with Crippen LogP contribution in [0.1, 0.15) is 6.92 Å². The largest absolute Gasteiger partial charge is 0.757 e. The SMILES string of the molecule is CCN1CN([O-])c2cc(Cl)c(Cl)cc21. The average molecular weight is 232 g/mol. The van der Waals surface area contributed by atoms with Crippen molar-refractivity contribution in [3.8, 4) is 0 Å². The minimum Gasteiger partial charge on any atom is -0.757 e. The van der Waals surface area contributed by atoms with Gasteiger partial charge in [0.25, 0.3) is 0 Å². The van der Waals surface area contributed by atoms with Crippen molar-refractivity contribution in [1.82, 2.24) is 0 Å². The molecule has 0 saturated carbocycles. The summed E-state index contributed by atoms with van der Waals surface area (Å²) in [5, 5.41) is 13.3. The summed E-state index contributed by atoms with van der Waals surface area (Å²) in [5.74, 6) is 0. The van der Waals surface area contributed by atoms with Gasteiger partial charge in [-0.15, -0.1) is 0 Å². The average Bonchev–Trinajstić information content (AvgIpc) is 2.45. The Balaban J connectivity index is 2.52. The van der Waals surface area contributed by atoms with Crippen LogP contribution in [-0.4, -0.2) is 13.2 Å². The van der Waals surface area contributed by atoms with E-state index in [1.807, 2.05) is 11.8 Å². The molecule has 0 aromatic heterocycles. The van der Waals surface area contributed by atoms with E-state index in [9.17, 15) is 5.21 Å². The van der Waals surface area contributed by atoms with Crippen LogP contribution in [0.4, 0.5) is 11.4 Å². The Morgan fingerprint density at radius 2 is 1.86 bits per heavy atom. The fourth-order valence-electron chi connectivity index (χ4n) is 1.56. The number of halogens is 2. The van der Waals surface area contributed by atoms with Crippen LogP contribution in [0.2, 0.25) is 10.0 Å². The van der Waals surface area contributed by atoms with Gasteiger partial charge in [0.1, 0.15) is 0 Å². The van der Waals surface area contributed by atoms with Gasteiger partial charge in [-0.2, -0.15) is 0 Å². The minimum absolute atomic E-state index is 0.350.